The monoisotopic (exact) mass is 371 g/mol. The molecule has 0 fully saturated rings. The number of fused-ring (bicyclic) bond motifs is 1. The Hall–Kier alpha value is -2.47. The Bertz CT molecular complexity index is 806. The standard InChI is InChI=1S/C20H21NO4S/c1-13(26-16-9-7-15(25-2)8-10-16)19(22)21-12-11-14-5-3-4-6-17(14)18(21)20(23)24/h3-10,13,18H,11-12H2,1-2H3,(H,23,24). The van der Waals surface area contributed by atoms with Crippen molar-refractivity contribution in [2.24, 2.45) is 0 Å². The molecule has 3 rings (SSSR count). The minimum atomic E-state index is -0.993. The van der Waals surface area contributed by atoms with Crippen molar-refractivity contribution in [1.82, 2.24) is 4.90 Å². The predicted molar refractivity (Wildman–Crippen MR) is 101 cm³/mol. The second kappa shape index (κ2) is 7.83. The Morgan fingerprint density at radius 1 is 1.19 bits per heavy atom. The van der Waals surface area contributed by atoms with Gasteiger partial charge in [0.05, 0.1) is 12.4 Å². The maximum absolute atomic E-state index is 13.0. The van der Waals surface area contributed by atoms with Crippen LogP contribution < -0.4 is 4.74 Å². The molecule has 0 bridgehead atoms. The van der Waals surface area contributed by atoms with Gasteiger partial charge in [0.1, 0.15) is 5.75 Å². The molecular weight excluding hydrogens is 350 g/mol. The maximum atomic E-state index is 13.0. The van der Waals surface area contributed by atoms with Crippen molar-refractivity contribution in [2.45, 2.75) is 29.5 Å². The van der Waals surface area contributed by atoms with Crippen LogP contribution in [0.1, 0.15) is 24.1 Å². The summed E-state index contributed by atoms with van der Waals surface area (Å²) in [5.74, 6) is -0.397. The zero-order valence-corrected chi connectivity index (χ0v) is 15.5. The third kappa shape index (κ3) is 3.70. The van der Waals surface area contributed by atoms with Gasteiger partial charge in [-0.05, 0) is 48.7 Å². The van der Waals surface area contributed by atoms with Crippen LogP contribution in [0.2, 0.25) is 0 Å². The molecule has 0 saturated heterocycles. The summed E-state index contributed by atoms with van der Waals surface area (Å²) in [5, 5.41) is 9.34. The van der Waals surface area contributed by atoms with E-state index in [2.05, 4.69) is 0 Å². The lowest BCUT2D eigenvalue weighted by molar-refractivity contribution is -0.150. The molecule has 1 heterocycles. The van der Waals surface area contributed by atoms with E-state index in [1.165, 1.54) is 16.7 Å². The second-order valence-corrected chi connectivity index (χ2v) is 7.57. The summed E-state index contributed by atoms with van der Waals surface area (Å²) in [4.78, 5) is 27.3. The van der Waals surface area contributed by atoms with E-state index in [0.717, 1.165) is 16.2 Å². The van der Waals surface area contributed by atoms with E-state index in [-0.39, 0.29) is 11.2 Å². The highest BCUT2D eigenvalue weighted by atomic mass is 32.2. The van der Waals surface area contributed by atoms with Crippen molar-refractivity contribution < 1.29 is 19.4 Å². The molecule has 2 aromatic carbocycles. The number of rotatable bonds is 5. The number of carbonyl (C=O) groups is 2. The Morgan fingerprint density at radius 3 is 2.54 bits per heavy atom. The first-order valence-corrected chi connectivity index (χ1v) is 9.31. The van der Waals surface area contributed by atoms with Crippen LogP contribution in [-0.2, 0) is 16.0 Å². The summed E-state index contributed by atoms with van der Waals surface area (Å²) in [6.07, 6.45) is 0.672. The van der Waals surface area contributed by atoms with Crippen molar-refractivity contribution in [1.29, 1.82) is 0 Å². The number of aliphatic carboxylic acids is 1. The van der Waals surface area contributed by atoms with Gasteiger partial charge in [-0.15, -0.1) is 11.8 Å². The van der Waals surface area contributed by atoms with Gasteiger partial charge < -0.3 is 14.7 Å². The summed E-state index contributed by atoms with van der Waals surface area (Å²) < 4.78 is 5.14. The second-order valence-electron chi connectivity index (χ2n) is 6.16. The number of methoxy groups -OCH3 is 1. The lowest BCUT2D eigenvalue weighted by atomic mass is 9.92. The van der Waals surface area contributed by atoms with E-state index in [4.69, 9.17) is 4.74 Å². The summed E-state index contributed by atoms with van der Waals surface area (Å²) in [6.45, 7) is 2.23. The normalized spacial score (nSPS) is 17.3. The van der Waals surface area contributed by atoms with Gasteiger partial charge in [0, 0.05) is 11.4 Å². The molecule has 1 aliphatic rings. The number of carboxylic acid groups (broad SMARTS) is 1. The number of carboxylic acids is 1. The van der Waals surface area contributed by atoms with E-state index in [0.29, 0.717) is 18.5 Å². The number of carbonyl (C=O) groups excluding carboxylic acids is 1. The van der Waals surface area contributed by atoms with Crippen molar-refractivity contribution in [3.63, 3.8) is 0 Å². The van der Waals surface area contributed by atoms with Crippen LogP contribution in [0, 0.1) is 0 Å². The molecule has 0 aromatic heterocycles. The van der Waals surface area contributed by atoms with Crippen LogP contribution in [0.4, 0.5) is 0 Å². The lowest BCUT2D eigenvalue weighted by Gasteiger charge is -2.36. The van der Waals surface area contributed by atoms with Crippen LogP contribution in [0.5, 0.6) is 5.75 Å². The van der Waals surface area contributed by atoms with E-state index in [1.54, 1.807) is 13.2 Å². The first kappa shape index (κ1) is 18.3. The van der Waals surface area contributed by atoms with Gasteiger partial charge >= 0.3 is 5.97 Å². The summed E-state index contributed by atoms with van der Waals surface area (Å²) in [7, 11) is 1.61. The first-order valence-electron chi connectivity index (χ1n) is 8.43. The number of benzene rings is 2. The lowest BCUT2D eigenvalue weighted by Crippen LogP contribution is -2.46. The fraction of sp³-hybridized carbons (Fsp3) is 0.300. The molecule has 2 unspecified atom stereocenters. The van der Waals surface area contributed by atoms with Crippen molar-refractivity contribution in [3.8, 4) is 5.75 Å². The number of amides is 1. The van der Waals surface area contributed by atoms with Crippen LogP contribution in [0.15, 0.2) is 53.4 Å². The SMILES string of the molecule is COc1ccc(SC(C)C(=O)N2CCc3ccccc3C2C(=O)O)cc1. The average molecular weight is 371 g/mol. The van der Waals surface area contributed by atoms with E-state index < -0.39 is 12.0 Å². The number of ether oxygens (including phenoxy) is 1. The van der Waals surface area contributed by atoms with Gasteiger partial charge in [-0.1, -0.05) is 24.3 Å². The number of hydrogen-bond acceptors (Lipinski definition) is 4. The largest absolute Gasteiger partial charge is 0.497 e. The molecule has 0 radical (unpaired) electrons. The molecule has 1 amide bonds. The van der Waals surface area contributed by atoms with Crippen molar-refractivity contribution >= 4 is 23.6 Å². The summed E-state index contributed by atoms with van der Waals surface area (Å²) in [5.41, 5.74) is 1.71. The van der Waals surface area contributed by atoms with Gasteiger partial charge in [-0.25, -0.2) is 4.79 Å². The molecule has 0 spiro atoms. The third-order valence-electron chi connectivity index (χ3n) is 4.52. The molecule has 2 atom stereocenters. The van der Waals surface area contributed by atoms with Crippen LogP contribution in [0.3, 0.4) is 0 Å². The van der Waals surface area contributed by atoms with Crippen molar-refractivity contribution in [3.05, 3.63) is 59.7 Å². The minimum Gasteiger partial charge on any atom is -0.497 e. The van der Waals surface area contributed by atoms with Gasteiger partial charge in [0.25, 0.3) is 0 Å². The van der Waals surface area contributed by atoms with Gasteiger partial charge in [0.2, 0.25) is 5.91 Å². The van der Waals surface area contributed by atoms with Crippen LogP contribution >= 0.6 is 11.8 Å². The van der Waals surface area contributed by atoms with Crippen LogP contribution in [0.25, 0.3) is 0 Å². The number of hydrogen-bond donors (Lipinski definition) is 1. The Morgan fingerprint density at radius 2 is 1.88 bits per heavy atom. The quantitative estimate of drug-likeness (QED) is 0.816. The van der Waals surface area contributed by atoms with Crippen molar-refractivity contribution in [2.75, 3.05) is 13.7 Å². The van der Waals surface area contributed by atoms with Gasteiger partial charge in [-0.3, -0.25) is 4.79 Å². The van der Waals surface area contributed by atoms with Crippen LogP contribution in [-0.4, -0.2) is 40.8 Å². The van der Waals surface area contributed by atoms with Gasteiger partial charge in [0.15, 0.2) is 6.04 Å². The smallest absolute Gasteiger partial charge is 0.331 e. The molecule has 1 aliphatic heterocycles. The molecular formula is C20H21NO4S. The highest BCUT2D eigenvalue weighted by Crippen LogP contribution is 2.33. The molecule has 136 valence electrons. The molecule has 26 heavy (non-hydrogen) atoms. The maximum Gasteiger partial charge on any atom is 0.331 e. The van der Waals surface area contributed by atoms with Gasteiger partial charge in [-0.2, -0.15) is 0 Å². The topological polar surface area (TPSA) is 66.8 Å². The average Bonchev–Trinajstić information content (AvgIpc) is 2.66. The molecule has 2 aromatic rings. The molecule has 6 heteroatoms. The fourth-order valence-corrected chi connectivity index (χ4v) is 4.15. The molecule has 0 aliphatic carbocycles. The molecule has 0 saturated carbocycles. The Labute approximate surface area is 157 Å². The molecule has 5 nitrogen and oxygen atoms in total. The minimum absolute atomic E-state index is 0.160. The first-order chi connectivity index (χ1) is 12.5. The fourth-order valence-electron chi connectivity index (χ4n) is 3.21. The highest BCUT2D eigenvalue weighted by Gasteiger charge is 2.37. The third-order valence-corrected chi connectivity index (χ3v) is 5.62. The Kier molecular flexibility index (Phi) is 5.52. The molecule has 1 N–H and O–H groups in total. The van der Waals surface area contributed by atoms with E-state index >= 15 is 0 Å². The van der Waals surface area contributed by atoms with E-state index in [9.17, 15) is 14.7 Å². The predicted octanol–water partition coefficient (Wildman–Crippen LogP) is 3.39. The van der Waals surface area contributed by atoms with E-state index in [1.807, 2.05) is 49.4 Å². The number of thioether (sulfide) groups is 1. The summed E-state index contributed by atoms with van der Waals surface area (Å²) in [6, 6.07) is 14.0. The zero-order valence-electron chi connectivity index (χ0n) is 14.7. The Balaban J connectivity index is 1.78. The number of nitrogens with zero attached hydrogens (tertiary/aromatic N) is 1. The highest BCUT2D eigenvalue weighted by molar-refractivity contribution is 8.00. The summed E-state index contributed by atoms with van der Waals surface area (Å²) >= 11 is 1.42. The zero-order chi connectivity index (χ0) is 18.7.